The molecule has 0 fully saturated rings. The summed E-state index contributed by atoms with van der Waals surface area (Å²) >= 11 is 1.29. The van der Waals surface area contributed by atoms with Gasteiger partial charge in [0.25, 0.3) is 11.5 Å². The zero-order valence-corrected chi connectivity index (χ0v) is 16.1. The van der Waals surface area contributed by atoms with E-state index >= 15 is 0 Å². The van der Waals surface area contributed by atoms with Gasteiger partial charge in [0, 0.05) is 26.6 Å². The van der Waals surface area contributed by atoms with Crippen LogP contribution in [0, 0.1) is 6.92 Å². The van der Waals surface area contributed by atoms with Crippen LogP contribution in [0.4, 0.5) is 0 Å². The number of hydrogen-bond acceptors (Lipinski definition) is 5. The number of rotatable bonds is 5. The number of aromatic nitrogens is 2. The molecule has 1 atom stereocenters. The number of amides is 1. The minimum absolute atomic E-state index is 0.0284. The second-order valence-corrected chi connectivity index (χ2v) is 7.67. The maximum Gasteiger partial charge on any atom is 0.262 e. The quantitative estimate of drug-likeness (QED) is 0.735. The zero-order valence-electron chi connectivity index (χ0n) is 15.3. The molecule has 3 heterocycles. The van der Waals surface area contributed by atoms with Crippen LogP contribution in [0.15, 0.2) is 35.1 Å². The summed E-state index contributed by atoms with van der Waals surface area (Å²) in [5.41, 5.74) is 1.69. The first-order valence-electron chi connectivity index (χ1n) is 8.99. The molecule has 4 rings (SSSR count). The standard InChI is InChI=1S/C20H21N3O3S/c1-12-16-19(22-15-9-6-10-23(15)20(16)25)27-17(12)18(24)21-11-14(26-2)13-7-4-3-5-8-13/h3-5,7-8,14H,6,9-11H2,1-2H3,(H,21,24)/t14-/m1/s1. The number of carbonyl (C=O) groups excluding carboxylic acids is 1. The molecule has 1 aromatic carbocycles. The lowest BCUT2D eigenvalue weighted by molar-refractivity contribution is 0.0830. The lowest BCUT2D eigenvalue weighted by atomic mass is 10.1. The number of ether oxygens (including phenoxy) is 1. The van der Waals surface area contributed by atoms with Crippen LogP contribution in [-0.4, -0.2) is 29.1 Å². The molecule has 2 aromatic heterocycles. The highest BCUT2D eigenvalue weighted by atomic mass is 32.1. The molecular formula is C20H21N3O3S. The van der Waals surface area contributed by atoms with E-state index in [2.05, 4.69) is 10.3 Å². The van der Waals surface area contributed by atoms with E-state index in [1.54, 1.807) is 11.7 Å². The van der Waals surface area contributed by atoms with Gasteiger partial charge in [-0.1, -0.05) is 30.3 Å². The van der Waals surface area contributed by atoms with Gasteiger partial charge in [0.15, 0.2) is 0 Å². The molecule has 1 amide bonds. The van der Waals surface area contributed by atoms with Crippen LogP contribution in [0.25, 0.3) is 10.2 Å². The smallest absolute Gasteiger partial charge is 0.262 e. The predicted octanol–water partition coefficient (Wildman–Crippen LogP) is 2.83. The molecule has 3 aromatic rings. The van der Waals surface area contributed by atoms with Crippen LogP contribution >= 0.6 is 11.3 Å². The molecule has 1 aliphatic rings. The van der Waals surface area contributed by atoms with Gasteiger partial charge in [-0.2, -0.15) is 0 Å². The van der Waals surface area contributed by atoms with Gasteiger partial charge in [-0.15, -0.1) is 11.3 Å². The van der Waals surface area contributed by atoms with E-state index < -0.39 is 0 Å². The van der Waals surface area contributed by atoms with Gasteiger partial charge in [0.05, 0.1) is 16.4 Å². The summed E-state index contributed by atoms with van der Waals surface area (Å²) in [6, 6.07) is 9.77. The molecule has 0 bridgehead atoms. The number of aryl methyl sites for hydroxylation is 2. The highest BCUT2D eigenvalue weighted by Gasteiger charge is 2.23. The van der Waals surface area contributed by atoms with E-state index in [0.717, 1.165) is 24.2 Å². The summed E-state index contributed by atoms with van der Waals surface area (Å²) < 4.78 is 7.24. The minimum Gasteiger partial charge on any atom is -0.375 e. The van der Waals surface area contributed by atoms with Gasteiger partial charge in [0.1, 0.15) is 10.7 Å². The Balaban J connectivity index is 1.59. The fourth-order valence-electron chi connectivity index (χ4n) is 3.56. The predicted molar refractivity (Wildman–Crippen MR) is 105 cm³/mol. The monoisotopic (exact) mass is 383 g/mol. The number of benzene rings is 1. The SMILES string of the molecule is CO[C@H](CNC(=O)c1sc2nc3n(c(=O)c2c1C)CCC3)c1ccccc1. The number of nitrogens with zero attached hydrogens (tertiary/aromatic N) is 2. The molecule has 0 unspecified atom stereocenters. The van der Waals surface area contributed by atoms with E-state index in [1.807, 2.05) is 37.3 Å². The topological polar surface area (TPSA) is 73.2 Å². The zero-order chi connectivity index (χ0) is 19.0. The van der Waals surface area contributed by atoms with Crippen LogP contribution in [0.3, 0.4) is 0 Å². The van der Waals surface area contributed by atoms with Gasteiger partial charge >= 0.3 is 0 Å². The average Bonchev–Trinajstić information content (AvgIpc) is 3.28. The number of thiophene rings is 1. The van der Waals surface area contributed by atoms with Gasteiger partial charge in [0.2, 0.25) is 0 Å². The molecule has 1 aliphatic heterocycles. The Morgan fingerprint density at radius 2 is 2.15 bits per heavy atom. The first-order chi connectivity index (χ1) is 13.1. The molecule has 27 heavy (non-hydrogen) atoms. The second-order valence-electron chi connectivity index (χ2n) is 6.67. The highest BCUT2D eigenvalue weighted by molar-refractivity contribution is 7.20. The maximum atomic E-state index is 12.8. The van der Waals surface area contributed by atoms with Crippen LogP contribution in [0.5, 0.6) is 0 Å². The lowest BCUT2D eigenvalue weighted by Crippen LogP contribution is -2.29. The Hall–Kier alpha value is -2.51. The second kappa shape index (κ2) is 7.25. The Labute approximate surface area is 160 Å². The van der Waals surface area contributed by atoms with Crippen molar-refractivity contribution in [3.8, 4) is 0 Å². The van der Waals surface area contributed by atoms with E-state index in [0.29, 0.717) is 33.7 Å². The molecule has 0 saturated carbocycles. The van der Waals surface area contributed by atoms with Crippen molar-refractivity contribution >= 4 is 27.5 Å². The Bertz CT molecular complexity index is 1060. The molecule has 1 N–H and O–H groups in total. The van der Waals surface area contributed by atoms with Crippen molar-refractivity contribution in [2.75, 3.05) is 13.7 Å². The molecule has 6 nitrogen and oxygen atoms in total. The summed E-state index contributed by atoms with van der Waals surface area (Å²) in [6.45, 7) is 2.89. The van der Waals surface area contributed by atoms with Gasteiger partial charge < -0.3 is 10.1 Å². The van der Waals surface area contributed by atoms with Crippen molar-refractivity contribution in [1.29, 1.82) is 0 Å². The van der Waals surface area contributed by atoms with Crippen LogP contribution in [-0.2, 0) is 17.7 Å². The molecule has 7 heteroatoms. The third kappa shape index (κ3) is 3.17. The Kier molecular flexibility index (Phi) is 4.80. The fraction of sp³-hybridized carbons (Fsp3) is 0.350. The van der Waals surface area contributed by atoms with Crippen molar-refractivity contribution in [2.45, 2.75) is 32.4 Å². The van der Waals surface area contributed by atoms with Crippen molar-refractivity contribution in [2.24, 2.45) is 0 Å². The van der Waals surface area contributed by atoms with Gasteiger partial charge in [-0.05, 0) is 24.5 Å². The maximum absolute atomic E-state index is 12.8. The Morgan fingerprint density at radius 3 is 2.89 bits per heavy atom. The summed E-state index contributed by atoms with van der Waals surface area (Å²) in [7, 11) is 1.63. The number of hydrogen-bond donors (Lipinski definition) is 1. The molecular weight excluding hydrogens is 362 g/mol. The molecule has 0 aliphatic carbocycles. The summed E-state index contributed by atoms with van der Waals surface area (Å²) in [4.78, 5) is 31.3. The number of nitrogens with one attached hydrogen (secondary N) is 1. The molecule has 140 valence electrons. The van der Waals surface area contributed by atoms with Crippen molar-refractivity contribution in [3.05, 3.63) is 62.5 Å². The summed E-state index contributed by atoms with van der Waals surface area (Å²) in [5.74, 6) is 0.627. The van der Waals surface area contributed by atoms with E-state index in [4.69, 9.17) is 4.74 Å². The minimum atomic E-state index is -0.225. The van der Waals surface area contributed by atoms with E-state index in [1.165, 1.54) is 11.3 Å². The van der Waals surface area contributed by atoms with Crippen molar-refractivity contribution < 1.29 is 9.53 Å². The third-order valence-electron chi connectivity index (χ3n) is 5.02. The summed E-state index contributed by atoms with van der Waals surface area (Å²) in [6.07, 6.45) is 1.54. The average molecular weight is 383 g/mol. The van der Waals surface area contributed by atoms with Crippen LogP contribution in [0.1, 0.15) is 39.1 Å². The Morgan fingerprint density at radius 1 is 1.37 bits per heavy atom. The number of fused-ring (bicyclic) bond motifs is 2. The van der Waals surface area contributed by atoms with Crippen LogP contribution < -0.4 is 10.9 Å². The summed E-state index contributed by atoms with van der Waals surface area (Å²) in [5, 5.41) is 3.51. The van der Waals surface area contributed by atoms with Crippen molar-refractivity contribution in [1.82, 2.24) is 14.9 Å². The fourth-order valence-corrected chi connectivity index (χ4v) is 4.67. The first kappa shape index (κ1) is 17.9. The molecule has 0 spiro atoms. The van der Waals surface area contributed by atoms with Crippen molar-refractivity contribution in [3.63, 3.8) is 0 Å². The van der Waals surface area contributed by atoms with Gasteiger partial charge in [-0.25, -0.2) is 4.98 Å². The molecule has 0 saturated heterocycles. The first-order valence-corrected chi connectivity index (χ1v) is 9.80. The molecule has 0 radical (unpaired) electrons. The number of methoxy groups -OCH3 is 1. The van der Waals surface area contributed by atoms with Crippen LogP contribution in [0.2, 0.25) is 0 Å². The van der Waals surface area contributed by atoms with E-state index in [-0.39, 0.29) is 17.6 Å². The lowest BCUT2D eigenvalue weighted by Gasteiger charge is -2.16. The van der Waals surface area contributed by atoms with E-state index in [9.17, 15) is 9.59 Å². The largest absolute Gasteiger partial charge is 0.375 e. The third-order valence-corrected chi connectivity index (χ3v) is 6.21. The van der Waals surface area contributed by atoms with Gasteiger partial charge in [-0.3, -0.25) is 14.2 Å². The highest BCUT2D eigenvalue weighted by Crippen LogP contribution is 2.28. The number of carbonyl (C=O) groups is 1. The normalized spacial score (nSPS) is 14.3.